The number of piperazine rings is 1. The van der Waals surface area contributed by atoms with Gasteiger partial charge in [0.2, 0.25) is 0 Å². The summed E-state index contributed by atoms with van der Waals surface area (Å²) in [4.78, 5) is 0. The first-order valence-corrected chi connectivity index (χ1v) is 4.03. The average molecular weight is 158 g/mol. The van der Waals surface area contributed by atoms with Crippen LogP contribution in [0.5, 0.6) is 0 Å². The second kappa shape index (κ2) is 2.53. The van der Waals surface area contributed by atoms with Crippen molar-refractivity contribution in [2.24, 2.45) is 5.22 Å². The normalized spacial score (nSPS) is 27.9. The van der Waals surface area contributed by atoms with Crippen LogP contribution in [0.15, 0.2) is 5.22 Å². The lowest BCUT2D eigenvalue weighted by Crippen LogP contribution is -2.59. The summed E-state index contributed by atoms with van der Waals surface area (Å²) in [7, 11) is 6.48. The highest BCUT2D eigenvalue weighted by molar-refractivity contribution is 4.43. The summed E-state index contributed by atoms with van der Waals surface area (Å²) in [5.74, 6) is 0. The molecule has 0 aliphatic carbocycles. The van der Waals surface area contributed by atoms with E-state index in [2.05, 4.69) is 19.3 Å². The van der Waals surface area contributed by atoms with Crippen LogP contribution in [0.3, 0.4) is 0 Å². The van der Waals surface area contributed by atoms with Crippen LogP contribution in [0, 0.1) is 5.53 Å². The van der Waals surface area contributed by atoms with Gasteiger partial charge in [0.25, 0.3) is 0 Å². The molecule has 0 aromatic heterocycles. The lowest BCUT2D eigenvalue weighted by molar-refractivity contribution is -1.01. The Hall–Kier alpha value is -0.480. The molecule has 4 heteroatoms. The summed E-state index contributed by atoms with van der Waals surface area (Å²) in [6, 6.07) is 0. The minimum atomic E-state index is 0.571. The molecule has 11 heavy (non-hydrogen) atoms. The Balaban J connectivity index is 2.54. The smallest absolute Gasteiger partial charge is 0.154 e. The Morgan fingerprint density at radius 2 is 1.45 bits per heavy atom. The van der Waals surface area contributed by atoms with E-state index in [1.807, 2.05) is 7.05 Å². The molecule has 0 saturated carbocycles. The maximum absolute atomic E-state index is 7.01. The maximum Gasteiger partial charge on any atom is 0.154 e. The largest absolute Gasteiger partial charge is 0.319 e. The average Bonchev–Trinajstić information content (AvgIpc) is 1.97. The predicted molar refractivity (Wildman–Crippen MR) is 42.9 cm³/mol. The molecule has 0 amide bonds. The van der Waals surface area contributed by atoms with Crippen molar-refractivity contribution in [1.29, 1.82) is 5.53 Å². The fourth-order valence-electron chi connectivity index (χ4n) is 1.30. The highest BCUT2D eigenvalue weighted by Crippen LogP contribution is 2.13. The first kappa shape index (κ1) is 8.62. The minimum absolute atomic E-state index is 0.571. The van der Waals surface area contributed by atoms with Crippen molar-refractivity contribution in [3.63, 3.8) is 0 Å². The van der Waals surface area contributed by atoms with Gasteiger partial charge in [-0.2, -0.15) is 10.1 Å². The number of nitrogens with zero attached hydrogens (tertiary/aromatic N) is 3. The summed E-state index contributed by atoms with van der Waals surface area (Å²) in [5, 5.41) is 3.62. The maximum atomic E-state index is 7.01. The molecule has 4 nitrogen and oxygen atoms in total. The molecule has 1 heterocycles. The Morgan fingerprint density at radius 1 is 1.00 bits per heavy atom. The summed E-state index contributed by atoms with van der Waals surface area (Å²) in [5.41, 5.74) is 7.01. The minimum Gasteiger partial charge on any atom is -0.319 e. The summed E-state index contributed by atoms with van der Waals surface area (Å²) in [6.45, 7) is 4.24. The van der Waals surface area contributed by atoms with Crippen LogP contribution in [0.4, 0.5) is 0 Å². The van der Waals surface area contributed by atoms with Gasteiger partial charge in [-0.3, -0.25) is 0 Å². The van der Waals surface area contributed by atoms with Gasteiger partial charge in [-0.1, -0.05) is 0 Å². The Bertz CT molecular complexity index is 154. The molecule has 1 aliphatic heterocycles. The fourth-order valence-corrected chi connectivity index (χ4v) is 1.30. The van der Waals surface area contributed by atoms with E-state index >= 15 is 0 Å². The predicted octanol–water partition coefficient (Wildman–Crippen LogP) is 0.469. The van der Waals surface area contributed by atoms with Crippen molar-refractivity contribution in [2.45, 2.75) is 0 Å². The molecule has 0 aromatic rings. The molecule has 1 fully saturated rings. The van der Waals surface area contributed by atoms with E-state index in [1.54, 1.807) is 0 Å². The van der Waals surface area contributed by atoms with Crippen molar-refractivity contribution < 1.29 is 9.08 Å². The zero-order chi connectivity index (χ0) is 8.54. The van der Waals surface area contributed by atoms with E-state index in [0.717, 1.165) is 30.7 Å². The molecule has 0 aromatic carbocycles. The van der Waals surface area contributed by atoms with Gasteiger partial charge in [-0.25, -0.2) is 0 Å². The number of hydrogen-bond donors (Lipinski definition) is 1. The molecular weight excluding hydrogens is 140 g/mol. The molecule has 1 saturated heterocycles. The van der Waals surface area contributed by atoms with Crippen LogP contribution in [0.1, 0.15) is 0 Å². The molecular formula is C7H18N4+2. The van der Waals surface area contributed by atoms with Gasteiger partial charge in [-0.05, 0) is 0 Å². The van der Waals surface area contributed by atoms with Gasteiger partial charge < -0.3 is 4.48 Å². The lowest BCUT2D eigenvalue weighted by Gasteiger charge is -2.39. The van der Waals surface area contributed by atoms with Crippen molar-refractivity contribution >= 4 is 0 Å². The first-order chi connectivity index (χ1) is 4.97. The molecule has 64 valence electrons. The molecule has 0 unspecified atom stereocenters. The van der Waals surface area contributed by atoms with Crippen LogP contribution in [0.25, 0.3) is 0 Å². The van der Waals surface area contributed by atoms with Crippen LogP contribution < -0.4 is 0 Å². The molecule has 0 radical (unpaired) electrons. The number of nitrogens with one attached hydrogen (secondary N) is 1. The molecule has 0 spiro atoms. The zero-order valence-corrected chi connectivity index (χ0v) is 7.67. The second-order valence-corrected chi connectivity index (χ2v) is 4.27. The Kier molecular flexibility index (Phi) is 1.98. The molecule has 1 N–H and O–H groups in total. The Morgan fingerprint density at radius 3 is 1.82 bits per heavy atom. The SMILES string of the molecule is C[N+]1(C)CC[N+](C)(N=N)CC1. The van der Waals surface area contributed by atoms with Gasteiger partial charge in [0.05, 0.1) is 21.1 Å². The van der Waals surface area contributed by atoms with E-state index in [9.17, 15) is 0 Å². The molecule has 1 rings (SSSR count). The van der Waals surface area contributed by atoms with Crippen molar-refractivity contribution in [2.75, 3.05) is 47.3 Å². The zero-order valence-electron chi connectivity index (χ0n) is 7.67. The monoisotopic (exact) mass is 158 g/mol. The van der Waals surface area contributed by atoms with Gasteiger partial charge in [0, 0.05) is 5.22 Å². The number of quaternary nitrogens is 2. The van der Waals surface area contributed by atoms with Gasteiger partial charge >= 0.3 is 0 Å². The summed E-state index contributed by atoms with van der Waals surface area (Å²) < 4.78 is 1.64. The van der Waals surface area contributed by atoms with Crippen LogP contribution in [-0.2, 0) is 0 Å². The third-order valence-electron chi connectivity index (χ3n) is 2.62. The van der Waals surface area contributed by atoms with Crippen molar-refractivity contribution in [3.05, 3.63) is 0 Å². The topological polar surface area (TPSA) is 36.2 Å². The molecule has 1 aliphatic rings. The second-order valence-electron chi connectivity index (χ2n) is 4.27. The highest BCUT2D eigenvalue weighted by atomic mass is 15.7. The third-order valence-corrected chi connectivity index (χ3v) is 2.62. The van der Waals surface area contributed by atoms with E-state index < -0.39 is 0 Å². The quantitative estimate of drug-likeness (QED) is 0.425. The highest BCUT2D eigenvalue weighted by Gasteiger charge is 2.34. The van der Waals surface area contributed by atoms with Crippen molar-refractivity contribution in [1.82, 2.24) is 0 Å². The van der Waals surface area contributed by atoms with Gasteiger partial charge in [0.15, 0.2) is 13.1 Å². The van der Waals surface area contributed by atoms with Crippen LogP contribution in [-0.4, -0.2) is 56.4 Å². The number of rotatable bonds is 1. The van der Waals surface area contributed by atoms with Gasteiger partial charge in [-0.15, -0.1) is 0 Å². The van der Waals surface area contributed by atoms with Crippen LogP contribution >= 0.6 is 0 Å². The van der Waals surface area contributed by atoms with Crippen molar-refractivity contribution in [3.8, 4) is 0 Å². The lowest BCUT2D eigenvalue weighted by atomic mass is 10.3. The number of hydrogen-bond acceptors (Lipinski definition) is 2. The summed E-state index contributed by atoms with van der Waals surface area (Å²) in [6.07, 6.45) is 0. The fraction of sp³-hybridized carbons (Fsp3) is 1.00. The van der Waals surface area contributed by atoms with E-state index in [-0.39, 0.29) is 0 Å². The van der Waals surface area contributed by atoms with E-state index in [1.165, 1.54) is 0 Å². The standard InChI is InChI=1S/C7H18N4/c1-10(2)4-6-11(3,9-8)7-5-10/h8H,4-7H2,1-3H3/q+2. The van der Waals surface area contributed by atoms with E-state index in [4.69, 9.17) is 5.53 Å². The van der Waals surface area contributed by atoms with E-state index in [0.29, 0.717) is 4.59 Å². The third kappa shape index (κ3) is 1.97. The summed E-state index contributed by atoms with van der Waals surface area (Å²) >= 11 is 0. The molecule has 0 atom stereocenters. The van der Waals surface area contributed by atoms with Gasteiger partial charge in [0.1, 0.15) is 13.1 Å². The van der Waals surface area contributed by atoms with Crippen LogP contribution in [0.2, 0.25) is 0 Å². The molecule has 0 bridgehead atoms. The number of likely N-dealkylation sites (N-methyl/N-ethyl adjacent to an activating group) is 2. The first-order valence-electron chi connectivity index (χ1n) is 4.03. The Labute approximate surface area is 68.1 Å².